The number of nitrogens with zero attached hydrogens (tertiary/aromatic N) is 3. The predicted octanol–water partition coefficient (Wildman–Crippen LogP) is 4.61. The van der Waals surface area contributed by atoms with Gasteiger partial charge in [0.1, 0.15) is 5.84 Å². The lowest BCUT2D eigenvalue weighted by molar-refractivity contribution is -0.127. The minimum absolute atomic E-state index is 0.106. The number of allylic oxidation sites excluding steroid dienone is 2. The molecule has 1 aliphatic carbocycles. The molecular formula is C26H35N3O2. The van der Waals surface area contributed by atoms with Gasteiger partial charge in [-0.25, -0.2) is 0 Å². The number of hydrogen-bond acceptors (Lipinski definition) is 3. The van der Waals surface area contributed by atoms with Crippen molar-refractivity contribution in [3.05, 3.63) is 59.7 Å². The molecule has 0 atom stereocenters. The number of carbonyl (C=O) groups excluding carboxylic acids is 2. The monoisotopic (exact) mass is 421 g/mol. The van der Waals surface area contributed by atoms with Crippen LogP contribution in [-0.2, 0) is 4.79 Å². The second kappa shape index (κ2) is 11.6. The van der Waals surface area contributed by atoms with Crippen LogP contribution in [0, 0.1) is 0 Å². The summed E-state index contributed by atoms with van der Waals surface area (Å²) in [6, 6.07) is 7.96. The van der Waals surface area contributed by atoms with E-state index in [0.717, 1.165) is 25.3 Å². The fourth-order valence-corrected chi connectivity index (χ4v) is 4.40. The second-order valence-corrected chi connectivity index (χ2v) is 8.36. The second-order valence-electron chi connectivity index (χ2n) is 8.36. The number of hydrogen-bond donors (Lipinski definition) is 0. The summed E-state index contributed by atoms with van der Waals surface area (Å²) < 4.78 is 0. The molecule has 0 unspecified atom stereocenters. The summed E-state index contributed by atoms with van der Waals surface area (Å²) in [4.78, 5) is 33.4. The number of aliphatic imine (C=N–C) groups is 1. The number of benzene rings is 1. The van der Waals surface area contributed by atoms with Gasteiger partial charge in [0.2, 0.25) is 5.91 Å². The topological polar surface area (TPSA) is 53.0 Å². The zero-order valence-corrected chi connectivity index (χ0v) is 18.9. The first-order chi connectivity index (χ1) is 15.1. The average molecular weight is 422 g/mol. The molecule has 2 aliphatic rings. The summed E-state index contributed by atoms with van der Waals surface area (Å²) in [5.41, 5.74) is 1.97. The molecular weight excluding hydrogens is 386 g/mol. The molecule has 1 saturated carbocycles. The molecule has 1 aliphatic heterocycles. The van der Waals surface area contributed by atoms with E-state index < -0.39 is 0 Å². The van der Waals surface area contributed by atoms with Crippen molar-refractivity contribution < 1.29 is 9.59 Å². The third-order valence-electron chi connectivity index (χ3n) is 6.30. The Balaban J connectivity index is 1.50. The Bertz CT molecular complexity index is 825. The summed E-state index contributed by atoms with van der Waals surface area (Å²) in [6.45, 7) is 4.85. The maximum absolute atomic E-state index is 12.5. The molecule has 0 aromatic heterocycles. The van der Waals surface area contributed by atoms with Gasteiger partial charge >= 0.3 is 0 Å². The molecule has 1 saturated heterocycles. The zero-order valence-electron chi connectivity index (χ0n) is 18.9. The highest BCUT2D eigenvalue weighted by atomic mass is 16.2. The summed E-state index contributed by atoms with van der Waals surface area (Å²) >= 11 is 0. The first-order valence-corrected chi connectivity index (χ1v) is 11.6. The zero-order chi connectivity index (χ0) is 22.1. The molecule has 3 rings (SSSR count). The standard InChI is InChI=1S/C26H35N3O2/c1-3-4-10-25(27-2)28-17-19-29(20-18-28)26(31)16-15-24(30)23-13-11-22(12-14-23)21-8-6-5-7-9-21/h4,10-16,21H,3,5-9,17-20H2,1-2H3/b10-4-,16-15+,27-25?. The van der Waals surface area contributed by atoms with E-state index in [1.165, 1.54) is 49.8 Å². The molecule has 31 heavy (non-hydrogen) atoms. The van der Waals surface area contributed by atoms with Gasteiger partial charge in [-0.15, -0.1) is 0 Å². The van der Waals surface area contributed by atoms with Crippen molar-refractivity contribution in [1.29, 1.82) is 0 Å². The Morgan fingerprint density at radius 2 is 1.58 bits per heavy atom. The number of piperazine rings is 1. The molecule has 1 heterocycles. The number of carbonyl (C=O) groups is 2. The molecule has 1 aromatic rings. The third-order valence-corrected chi connectivity index (χ3v) is 6.30. The summed E-state index contributed by atoms with van der Waals surface area (Å²) in [7, 11) is 1.79. The Hall–Kier alpha value is -2.69. The van der Waals surface area contributed by atoms with Gasteiger partial charge in [0.05, 0.1) is 0 Å². The van der Waals surface area contributed by atoms with E-state index in [1.54, 1.807) is 11.9 Å². The average Bonchev–Trinajstić information content (AvgIpc) is 2.84. The molecule has 0 bridgehead atoms. The number of rotatable bonds is 6. The molecule has 5 heteroatoms. The van der Waals surface area contributed by atoms with Crippen LogP contribution < -0.4 is 0 Å². The Kier molecular flexibility index (Phi) is 8.63. The maximum Gasteiger partial charge on any atom is 0.246 e. The van der Waals surface area contributed by atoms with E-state index in [2.05, 4.69) is 35.0 Å². The maximum atomic E-state index is 12.5. The van der Waals surface area contributed by atoms with E-state index >= 15 is 0 Å². The quantitative estimate of drug-likeness (QED) is 0.292. The lowest BCUT2D eigenvalue weighted by Crippen LogP contribution is -2.50. The fraction of sp³-hybridized carbons (Fsp3) is 0.500. The van der Waals surface area contributed by atoms with Crippen LogP contribution in [0.25, 0.3) is 0 Å². The molecule has 0 spiro atoms. The normalized spacial score (nSPS) is 18.8. The summed E-state index contributed by atoms with van der Waals surface area (Å²) in [6.07, 6.45) is 14.4. The molecule has 166 valence electrons. The summed E-state index contributed by atoms with van der Waals surface area (Å²) in [5.74, 6) is 1.36. The van der Waals surface area contributed by atoms with Gasteiger partial charge in [-0.3, -0.25) is 14.6 Å². The van der Waals surface area contributed by atoms with Gasteiger partial charge in [0.25, 0.3) is 0 Å². The Morgan fingerprint density at radius 3 is 2.19 bits per heavy atom. The highest BCUT2D eigenvalue weighted by Crippen LogP contribution is 2.32. The molecule has 1 amide bonds. The number of amidine groups is 1. The largest absolute Gasteiger partial charge is 0.353 e. The van der Waals surface area contributed by atoms with Crippen molar-refractivity contribution in [3.63, 3.8) is 0 Å². The first-order valence-electron chi connectivity index (χ1n) is 11.6. The van der Waals surface area contributed by atoms with Crippen molar-refractivity contribution in [2.45, 2.75) is 51.4 Å². The fourth-order valence-electron chi connectivity index (χ4n) is 4.40. The van der Waals surface area contributed by atoms with Crippen molar-refractivity contribution in [2.75, 3.05) is 33.2 Å². The van der Waals surface area contributed by atoms with Gasteiger partial charge in [-0.05, 0) is 42.9 Å². The molecule has 5 nitrogen and oxygen atoms in total. The molecule has 0 N–H and O–H groups in total. The summed E-state index contributed by atoms with van der Waals surface area (Å²) in [5, 5.41) is 0. The van der Waals surface area contributed by atoms with E-state index in [1.807, 2.05) is 18.2 Å². The number of amides is 1. The molecule has 1 aromatic carbocycles. The van der Waals surface area contributed by atoms with Gasteiger partial charge < -0.3 is 9.80 Å². The van der Waals surface area contributed by atoms with Crippen molar-refractivity contribution in [1.82, 2.24) is 9.80 Å². The van der Waals surface area contributed by atoms with Gasteiger partial charge in [0.15, 0.2) is 5.78 Å². The van der Waals surface area contributed by atoms with Gasteiger partial charge in [-0.2, -0.15) is 0 Å². The van der Waals surface area contributed by atoms with Crippen LogP contribution in [-0.4, -0.2) is 60.6 Å². The van der Waals surface area contributed by atoms with Crippen molar-refractivity contribution >= 4 is 17.5 Å². The molecule has 0 radical (unpaired) electrons. The Labute approximate surface area is 186 Å². The SMILES string of the molecule is CC/C=C\C(=NC)N1CCN(C(=O)/C=C/C(=O)c2ccc(C3CCCCC3)cc2)CC1. The molecule has 2 fully saturated rings. The third kappa shape index (κ3) is 6.39. The van der Waals surface area contributed by atoms with E-state index in [9.17, 15) is 9.59 Å². The van der Waals surface area contributed by atoms with Gasteiger partial charge in [-0.1, -0.05) is 56.5 Å². The minimum Gasteiger partial charge on any atom is -0.353 e. The Morgan fingerprint density at radius 1 is 0.935 bits per heavy atom. The lowest BCUT2D eigenvalue weighted by Gasteiger charge is -2.35. The number of ketones is 1. The van der Waals surface area contributed by atoms with Gasteiger partial charge in [0, 0.05) is 44.9 Å². The van der Waals surface area contributed by atoms with Crippen LogP contribution in [0.4, 0.5) is 0 Å². The van der Waals surface area contributed by atoms with Crippen LogP contribution in [0.1, 0.15) is 67.3 Å². The van der Waals surface area contributed by atoms with E-state index in [-0.39, 0.29) is 11.7 Å². The van der Waals surface area contributed by atoms with E-state index in [0.29, 0.717) is 24.6 Å². The highest BCUT2D eigenvalue weighted by Gasteiger charge is 2.21. The van der Waals surface area contributed by atoms with Crippen LogP contribution in [0.2, 0.25) is 0 Å². The minimum atomic E-state index is -0.118. The van der Waals surface area contributed by atoms with Crippen LogP contribution in [0.15, 0.2) is 53.6 Å². The predicted molar refractivity (Wildman–Crippen MR) is 127 cm³/mol. The smallest absolute Gasteiger partial charge is 0.246 e. The van der Waals surface area contributed by atoms with Crippen LogP contribution in [0.5, 0.6) is 0 Å². The highest BCUT2D eigenvalue weighted by molar-refractivity contribution is 6.07. The van der Waals surface area contributed by atoms with Crippen LogP contribution >= 0.6 is 0 Å². The lowest BCUT2D eigenvalue weighted by atomic mass is 9.84. The van der Waals surface area contributed by atoms with Crippen molar-refractivity contribution in [2.24, 2.45) is 4.99 Å². The van der Waals surface area contributed by atoms with Crippen molar-refractivity contribution in [3.8, 4) is 0 Å². The first kappa shape index (κ1) is 23.0. The van der Waals surface area contributed by atoms with Crippen LogP contribution in [0.3, 0.4) is 0 Å². The van der Waals surface area contributed by atoms with E-state index in [4.69, 9.17) is 0 Å².